The van der Waals surface area contributed by atoms with E-state index in [1.165, 1.54) is 0 Å². The minimum Gasteiger partial charge on any atom is -0.492 e. The van der Waals surface area contributed by atoms with Gasteiger partial charge in [0.05, 0.1) is 12.1 Å². The molecule has 0 aliphatic heterocycles. The Morgan fingerprint density at radius 1 is 1.12 bits per heavy atom. The van der Waals surface area contributed by atoms with Crippen molar-refractivity contribution in [1.29, 1.82) is 0 Å². The zero-order valence-electron chi connectivity index (χ0n) is 13.6. The van der Waals surface area contributed by atoms with Crippen LogP contribution in [0.5, 0.6) is 5.75 Å². The van der Waals surface area contributed by atoms with Crippen LogP contribution in [0.1, 0.15) is 16.1 Å². The molecule has 128 valence electrons. The minimum absolute atomic E-state index is 0.231. The lowest BCUT2D eigenvalue weighted by molar-refractivity contribution is -0.117. The first-order valence-electron chi connectivity index (χ1n) is 7.84. The summed E-state index contributed by atoms with van der Waals surface area (Å²) in [5.74, 6) is -0.550. The standard InChI is InChI=1S/C19H17ClN2O3/c1-12-17(15-4-2-3-5-16(15)22-12)18(23)19(24)21-10-11-25-14-8-6-13(20)7-9-14/h2-9,22H,10-11H2,1H3,(H,21,24). The number of ether oxygens (including phenoxy) is 1. The topological polar surface area (TPSA) is 71.2 Å². The average molecular weight is 357 g/mol. The van der Waals surface area contributed by atoms with Crippen molar-refractivity contribution in [3.63, 3.8) is 0 Å². The maximum Gasteiger partial charge on any atom is 0.292 e. The molecule has 6 heteroatoms. The molecule has 2 N–H and O–H groups in total. The van der Waals surface area contributed by atoms with Gasteiger partial charge in [-0.1, -0.05) is 29.8 Å². The van der Waals surface area contributed by atoms with Crippen molar-refractivity contribution >= 4 is 34.2 Å². The number of aryl methyl sites for hydroxylation is 1. The number of hydrogen-bond acceptors (Lipinski definition) is 3. The van der Waals surface area contributed by atoms with Crippen LogP contribution < -0.4 is 10.1 Å². The van der Waals surface area contributed by atoms with Crippen LogP contribution in [-0.4, -0.2) is 29.8 Å². The fourth-order valence-electron chi connectivity index (χ4n) is 2.63. The molecule has 0 aliphatic rings. The van der Waals surface area contributed by atoms with Crippen LogP contribution in [0.4, 0.5) is 0 Å². The summed E-state index contributed by atoms with van der Waals surface area (Å²) in [4.78, 5) is 27.7. The molecule has 1 aromatic heterocycles. The average Bonchev–Trinajstić information content (AvgIpc) is 2.95. The van der Waals surface area contributed by atoms with Crippen LogP contribution in [0.25, 0.3) is 10.9 Å². The van der Waals surface area contributed by atoms with Gasteiger partial charge in [-0.15, -0.1) is 0 Å². The van der Waals surface area contributed by atoms with Gasteiger partial charge >= 0.3 is 0 Å². The molecule has 1 amide bonds. The molecule has 25 heavy (non-hydrogen) atoms. The van der Waals surface area contributed by atoms with E-state index in [0.717, 1.165) is 10.9 Å². The molecule has 3 aromatic rings. The second-order valence-electron chi connectivity index (χ2n) is 5.56. The summed E-state index contributed by atoms with van der Waals surface area (Å²) in [6, 6.07) is 14.3. The molecule has 0 fully saturated rings. The molecule has 0 unspecified atom stereocenters. The van der Waals surface area contributed by atoms with E-state index >= 15 is 0 Å². The van der Waals surface area contributed by atoms with E-state index in [9.17, 15) is 9.59 Å². The van der Waals surface area contributed by atoms with Crippen molar-refractivity contribution in [3.8, 4) is 5.75 Å². The van der Waals surface area contributed by atoms with E-state index in [-0.39, 0.29) is 13.2 Å². The molecule has 0 radical (unpaired) electrons. The molecule has 0 aliphatic carbocycles. The second-order valence-corrected chi connectivity index (χ2v) is 5.99. The summed E-state index contributed by atoms with van der Waals surface area (Å²) >= 11 is 5.80. The van der Waals surface area contributed by atoms with E-state index < -0.39 is 11.7 Å². The predicted octanol–water partition coefficient (Wildman–Crippen LogP) is 3.51. The van der Waals surface area contributed by atoms with Gasteiger partial charge in [-0.2, -0.15) is 0 Å². The lowest BCUT2D eigenvalue weighted by Crippen LogP contribution is -2.34. The summed E-state index contributed by atoms with van der Waals surface area (Å²) in [5, 5.41) is 3.96. The summed E-state index contributed by atoms with van der Waals surface area (Å²) in [5.41, 5.74) is 1.92. The number of Topliss-reactive ketones (excluding diaryl/α,β-unsaturated/α-hetero) is 1. The van der Waals surface area contributed by atoms with Crippen molar-refractivity contribution in [3.05, 3.63) is 64.8 Å². The van der Waals surface area contributed by atoms with Crippen molar-refractivity contribution < 1.29 is 14.3 Å². The van der Waals surface area contributed by atoms with Crippen LogP contribution in [-0.2, 0) is 4.79 Å². The van der Waals surface area contributed by atoms with E-state index in [1.54, 1.807) is 31.2 Å². The number of benzene rings is 2. The Morgan fingerprint density at radius 2 is 1.84 bits per heavy atom. The zero-order valence-corrected chi connectivity index (χ0v) is 14.4. The quantitative estimate of drug-likeness (QED) is 0.403. The number of amides is 1. The van der Waals surface area contributed by atoms with Crippen molar-refractivity contribution in [2.75, 3.05) is 13.2 Å². The van der Waals surface area contributed by atoms with Crippen LogP contribution in [0.15, 0.2) is 48.5 Å². The van der Waals surface area contributed by atoms with Gasteiger partial charge in [0, 0.05) is 21.6 Å². The molecule has 5 nitrogen and oxygen atoms in total. The van der Waals surface area contributed by atoms with Gasteiger partial charge in [-0.05, 0) is 37.3 Å². The number of fused-ring (bicyclic) bond motifs is 1. The number of halogens is 1. The number of carbonyl (C=O) groups excluding carboxylic acids is 2. The monoisotopic (exact) mass is 356 g/mol. The van der Waals surface area contributed by atoms with Gasteiger partial charge in [0.1, 0.15) is 12.4 Å². The van der Waals surface area contributed by atoms with E-state index in [1.807, 2.05) is 24.3 Å². The Hall–Kier alpha value is -2.79. The number of rotatable bonds is 6. The number of aromatic amines is 1. The molecule has 0 saturated carbocycles. The lowest BCUT2D eigenvalue weighted by Gasteiger charge is -2.07. The number of carbonyl (C=O) groups is 2. The minimum atomic E-state index is -0.646. The Kier molecular flexibility index (Phi) is 5.05. The molecule has 0 saturated heterocycles. The van der Waals surface area contributed by atoms with Crippen LogP contribution in [0.2, 0.25) is 5.02 Å². The highest BCUT2D eigenvalue weighted by atomic mass is 35.5. The maximum absolute atomic E-state index is 12.5. The number of hydrogen-bond donors (Lipinski definition) is 2. The normalized spacial score (nSPS) is 10.6. The summed E-state index contributed by atoms with van der Waals surface area (Å²) in [6.07, 6.45) is 0. The highest BCUT2D eigenvalue weighted by Gasteiger charge is 2.22. The second kappa shape index (κ2) is 7.40. The molecule has 0 atom stereocenters. The van der Waals surface area contributed by atoms with Crippen LogP contribution in [0, 0.1) is 6.92 Å². The molecule has 1 heterocycles. The van der Waals surface area contributed by atoms with Gasteiger partial charge in [0.15, 0.2) is 0 Å². The first kappa shape index (κ1) is 17.0. The summed E-state index contributed by atoms with van der Waals surface area (Å²) in [7, 11) is 0. The molecule has 0 bridgehead atoms. The number of aromatic nitrogens is 1. The smallest absolute Gasteiger partial charge is 0.292 e. The van der Waals surface area contributed by atoms with E-state index in [2.05, 4.69) is 10.3 Å². The molecule has 0 spiro atoms. The molecular formula is C19H17ClN2O3. The lowest BCUT2D eigenvalue weighted by atomic mass is 10.1. The number of nitrogens with one attached hydrogen (secondary N) is 2. The predicted molar refractivity (Wildman–Crippen MR) is 97.3 cm³/mol. The molecule has 3 rings (SSSR count). The van der Waals surface area contributed by atoms with Gasteiger partial charge in [0.25, 0.3) is 11.7 Å². The molecular weight excluding hydrogens is 340 g/mol. The summed E-state index contributed by atoms with van der Waals surface area (Å²) < 4.78 is 5.48. The maximum atomic E-state index is 12.5. The van der Waals surface area contributed by atoms with E-state index in [4.69, 9.17) is 16.3 Å². The number of ketones is 1. The first-order chi connectivity index (χ1) is 12.1. The first-order valence-corrected chi connectivity index (χ1v) is 8.22. The highest BCUT2D eigenvalue weighted by molar-refractivity contribution is 6.45. The van der Waals surface area contributed by atoms with Gasteiger partial charge in [-0.3, -0.25) is 9.59 Å². The number of para-hydroxylation sites is 1. The van der Waals surface area contributed by atoms with Crippen molar-refractivity contribution in [1.82, 2.24) is 10.3 Å². The van der Waals surface area contributed by atoms with Crippen LogP contribution in [0.3, 0.4) is 0 Å². The molecule has 2 aromatic carbocycles. The Labute approximate surface area is 149 Å². The van der Waals surface area contributed by atoms with Gasteiger partial charge in [0.2, 0.25) is 0 Å². The SMILES string of the molecule is Cc1[nH]c2ccccc2c1C(=O)C(=O)NCCOc1ccc(Cl)cc1. The third-order valence-corrected chi connectivity index (χ3v) is 4.05. The Balaban J connectivity index is 1.58. The van der Waals surface area contributed by atoms with Gasteiger partial charge < -0.3 is 15.0 Å². The summed E-state index contributed by atoms with van der Waals surface area (Å²) in [6.45, 7) is 2.27. The number of H-pyrrole nitrogens is 1. The van der Waals surface area contributed by atoms with Crippen molar-refractivity contribution in [2.24, 2.45) is 0 Å². The Bertz CT molecular complexity index is 916. The zero-order chi connectivity index (χ0) is 17.8. The fourth-order valence-corrected chi connectivity index (χ4v) is 2.75. The van der Waals surface area contributed by atoms with Crippen molar-refractivity contribution in [2.45, 2.75) is 6.92 Å². The fraction of sp³-hybridized carbons (Fsp3) is 0.158. The Morgan fingerprint density at radius 3 is 2.60 bits per heavy atom. The third kappa shape index (κ3) is 3.83. The highest BCUT2D eigenvalue weighted by Crippen LogP contribution is 2.22. The van der Waals surface area contributed by atoms with Crippen LogP contribution >= 0.6 is 11.6 Å². The third-order valence-electron chi connectivity index (χ3n) is 3.80. The van der Waals surface area contributed by atoms with E-state index in [0.29, 0.717) is 22.0 Å². The largest absolute Gasteiger partial charge is 0.492 e. The van der Waals surface area contributed by atoms with Gasteiger partial charge in [-0.25, -0.2) is 0 Å².